The maximum absolute atomic E-state index is 12.5. The van der Waals surface area contributed by atoms with E-state index < -0.39 is 0 Å². The topological polar surface area (TPSA) is 73.9 Å². The molecular formula is C21H25NO5S. The smallest absolute Gasteiger partial charge is 0.341 e. The average Bonchev–Trinajstić information content (AvgIpc) is 3.26. The zero-order chi connectivity index (χ0) is 20.1. The molecule has 0 atom stereocenters. The second kappa shape index (κ2) is 9.10. The summed E-state index contributed by atoms with van der Waals surface area (Å²) in [7, 11) is 3.17. The maximum Gasteiger partial charge on any atom is 0.341 e. The monoisotopic (exact) mass is 403 g/mol. The summed E-state index contributed by atoms with van der Waals surface area (Å²) >= 11 is 1.49. The van der Waals surface area contributed by atoms with E-state index in [0.717, 1.165) is 30.4 Å². The van der Waals surface area contributed by atoms with E-state index in [-0.39, 0.29) is 11.9 Å². The Bertz CT molecular complexity index is 874. The van der Waals surface area contributed by atoms with E-state index in [4.69, 9.17) is 14.2 Å². The van der Waals surface area contributed by atoms with Crippen molar-refractivity contribution in [2.24, 2.45) is 0 Å². The standard InChI is InChI=1S/C21H25NO5S/c1-4-27-21(24)19-14-6-5-7-17(14)28-20(19)22-18(23)11-9-13-8-10-15(25-2)16(12-13)26-3/h8,10,12H,4-7,9,11H2,1-3H3,(H,22,23). The molecular weight excluding hydrogens is 378 g/mol. The molecule has 1 aliphatic rings. The maximum atomic E-state index is 12.5. The molecule has 0 fully saturated rings. The van der Waals surface area contributed by atoms with Gasteiger partial charge in [-0.3, -0.25) is 4.79 Å². The van der Waals surface area contributed by atoms with Gasteiger partial charge in [-0.1, -0.05) is 6.07 Å². The Morgan fingerprint density at radius 3 is 2.64 bits per heavy atom. The molecule has 1 amide bonds. The van der Waals surface area contributed by atoms with Crippen LogP contribution in [0.25, 0.3) is 0 Å². The zero-order valence-electron chi connectivity index (χ0n) is 16.4. The van der Waals surface area contributed by atoms with E-state index in [1.54, 1.807) is 21.1 Å². The number of esters is 1. The molecule has 0 unspecified atom stereocenters. The molecule has 0 radical (unpaired) electrons. The number of thiophene rings is 1. The lowest BCUT2D eigenvalue weighted by atomic mass is 10.1. The second-order valence-electron chi connectivity index (χ2n) is 6.52. The number of carbonyl (C=O) groups is 2. The number of hydrogen-bond donors (Lipinski definition) is 1. The van der Waals surface area contributed by atoms with Crippen molar-refractivity contribution in [3.63, 3.8) is 0 Å². The van der Waals surface area contributed by atoms with Crippen LogP contribution in [0.4, 0.5) is 5.00 Å². The first kappa shape index (κ1) is 20.2. The third-order valence-corrected chi connectivity index (χ3v) is 5.95. The van der Waals surface area contributed by atoms with Gasteiger partial charge in [-0.15, -0.1) is 11.3 Å². The Balaban J connectivity index is 1.68. The van der Waals surface area contributed by atoms with Crippen LogP contribution in [0.2, 0.25) is 0 Å². The van der Waals surface area contributed by atoms with E-state index in [2.05, 4.69) is 5.32 Å². The Kier molecular flexibility index (Phi) is 6.57. The van der Waals surface area contributed by atoms with Crippen molar-refractivity contribution in [2.75, 3.05) is 26.1 Å². The van der Waals surface area contributed by atoms with E-state index in [0.29, 0.717) is 41.5 Å². The van der Waals surface area contributed by atoms with Crippen molar-refractivity contribution in [1.29, 1.82) is 0 Å². The summed E-state index contributed by atoms with van der Waals surface area (Å²) in [5.74, 6) is 0.819. The number of nitrogens with one attached hydrogen (secondary N) is 1. The lowest BCUT2D eigenvalue weighted by molar-refractivity contribution is -0.116. The molecule has 0 spiro atoms. The van der Waals surface area contributed by atoms with Crippen LogP contribution < -0.4 is 14.8 Å². The molecule has 1 aromatic carbocycles. The molecule has 0 bridgehead atoms. The highest BCUT2D eigenvalue weighted by molar-refractivity contribution is 7.17. The first-order chi connectivity index (χ1) is 13.6. The summed E-state index contributed by atoms with van der Waals surface area (Å²) < 4.78 is 15.7. The highest BCUT2D eigenvalue weighted by Gasteiger charge is 2.28. The highest BCUT2D eigenvalue weighted by atomic mass is 32.1. The molecule has 28 heavy (non-hydrogen) atoms. The van der Waals surface area contributed by atoms with Crippen LogP contribution >= 0.6 is 11.3 Å². The highest BCUT2D eigenvalue weighted by Crippen LogP contribution is 2.39. The summed E-state index contributed by atoms with van der Waals surface area (Å²) in [4.78, 5) is 26.1. The molecule has 7 heteroatoms. The SMILES string of the molecule is CCOC(=O)c1c(NC(=O)CCc2ccc(OC)c(OC)c2)sc2c1CCC2. The van der Waals surface area contributed by atoms with Crippen LogP contribution in [0.5, 0.6) is 11.5 Å². The number of fused-ring (bicyclic) bond motifs is 1. The van der Waals surface area contributed by atoms with Gasteiger partial charge in [0.05, 0.1) is 26.4 Å². The lowest BCUT2D eigenvalue weighted by Crippen LogP contribution is -2.15. The van der Waals surface area contributed by atoms with Gasteiger partial charge in [0, 0.05) is 11.3 Å². The van der Waals surface area contributed by atoms with Gasteiger partial charge in [0.1, 0.15) is 5.00 Å². The number of anilines is 1. The Hall–Kier alpha value is -2.54. The molecule has 150 valence electrons. The second-order valence-corrected chi connectivity index (χ2v) is 7.62. The van der Waals surface area contributed by atoms with Crippen molar-refractivity contribution < 1.29 is 23.8 Å². The minimum Gasteiger partial charge on any atom is -0.493 e. The summed E-state index contributed by atoms with van der Waals surface area (Å²) in [6, 6.07) is 5.61. The fourth-order valence-electron chi connectivity index (χ4n) is 3.39. The van der Waals surface area contributed by atoms with Crippen LogP contribution in [0.15, 0.2) is 18.2 Å². The molecule has 1 N–H and O–H groups in total. The molecule has 0 saturated carbocycles. The Labute approximate surface area is 168 Å². The fourth-order valence-corrected chi connectivity index (χ4v) is 4.69. The number of ether oxygens (including phenoxy) is 3. The molecule has 1 heterocycles. The van der Waals surface area contributed by atoms with Crippen LogP contribution in [0.1, 0.15) is 46.1 Å². The number of rotatable bonds is 8. The van der Waals surface area contributed by atoms with Gasteiger partial charge in [0.25, 0.3) is 0 Å². The lowest BCUT2D eigenvalue weighted by Gasteiger charge is -2.10. The number of methoxy groups -OCH3 is 2. The van der Waals surface area contributed by atoms with Gasteiger partial charge >= 0.3 is 5.97 Å². The zero-order valence-corrected chi connectivity index (χ0v) is 17.2. The molecule has 3 rings (SSSR count). The molecule has 2 aromatic rings. The number of benzene rings is 1. The Morgan fingerprint density at radius 1 is 1.14 bits per heavy atom. The van der Waals surface area contributed by atoms with E-state index in [1.807, 2.05) is 18.2 Å². The third kappa shape index (κ3) is 4.30. The van der Waals surface area contributed by atoms with Crippen molar-refractivity contribution in [3.8, 4) is 11.5 Å². The van der Waals surface area contributed by atoms with Gasteiger partial charge in [0.15, 0.2) is 11.5 Å². The summed E-state index contributed by atoms with van der Waals surface area (Å²) in [5, 5.41) is 3.54. The van der Waals surface area contributed by atoms with Gasteiger partial charge in [-0.05, 0) is 55.9 Å². The third-order valence-electron chi connectivity index (χ3n) is 4.74. The van der Waals surface area contributed by atoms with Gasteiger partial charge < -0.3 is 19.5 Å². The van der Waals surface area contributed by atoms with E-state index in [9.17, 15) is 9.59 Å². The summed E-state index contributed by atoms with van der Waals surface area (Å²) in [6.07, 6.45) is 3.73. The quantitative estimate of drug-likeness (QED) is 0.675. The normalized spacial score (nSPS) is 12.4. The average molecular weight is 404 g/mol. The molecule has 1 aromatic heterocycles. The van der Waals surface area contributed by atoms with Crippen molar-refractivity contribution in [3.05, 3.63) is 39.8 Å². The van der Waals surface area contributed by atoms with Crippen LogP contribution in [-0.2, 0) is 28.8 Å². The minimum atomic E-state index is -0.350. The van der Waals surface area contributed by atoms with Crippen molar-refractivity contribution in [2.45, 2.75) is 39.0 Å². The predicted molar refractivity (Wildman–Crippen MR) is 109 cm³/mol. The number of aryl methyl sites for hydroxylation is 2. The van der Waals surface area contributed by atoms with Gasteiger partial charge in [0.2, 0.25) is 5.91 Å². The molecule has 0 saturated heterocycles. The summed E-state index contributed by atoms with van der Waals surface area (Å²) in [5.41, 5.74) is 2.56. The Morgan fingerprint density at radius 2 is 1.93 bits per heavy atom. The van der Waals surface area contributed by atoms with Crippen LogP contribution in [-0.4, -0.2) is 32.7 Å². The molecule has 6 nitrogen and oxygen atoms in total. The molecule has 0 aliphatic heterocycles. The van der Waals surface area contributed by atoms with E-state index >= 15 is 0 Å². The first-order valence-corrected chi connectivity index (χ1v) is 10.2. The predicted octanol–water partition coefficient (Wildman–Crippen LogP) is 4.00. The number of hydrogen-bond acceptors (Lipinski definition) is 6. The van der Waals surface area contributed by atoms with Crippen LogP contribution in [0.3, 0.4) is 0 Å². The van der Waals surface area contributed by atoms with Crippen molar-refractivity contribution in [1.82, 2.24) is 0 Å². The van der Waals surface area contributed by atoms with E-state index in [1.165, 1.54) is 16.2 Å². The molecule has 1 aliphatic carbocycles. The van der Waals surface area contributed by atoms with Gasteiger partial charge in [-0.25, -0.2) is 4.79 Å². The van der Waals surface area contributed by atoms with Crippen molar-refractivity contribution >= 4 is 28.2 Å². The number of amides is 1. The minimum absolute atomic E-state index is 0.125. The summed E-state index contributed by atoms with van der Waals surface area (Å²) in [6.45, 7) is 2.10. The largest absolute Gasteiger partial charge is 0.493 e. The fraction of sp³-hybridized carbons (Fsp3) is 0.429. The van der Waals surface area contributed by atoms with Gasteiger partial charge in [-0.2, -0.15) is 0 Å². The first-order valence-electron chi connectivity index (χ1n) is 9.39. The van der Waals surface area contributed by atoms with Crippen LogP contribution in [0, 0.1) is 0 Å². The number of carbonyl (C=O) groups excluding carboxylic acids is 2.